The summed E-state index contributed by atoms with van der Waals surface area (Å²) in [6, 6.07) is 6.04. The van der Waals surface area contributed by atoms with Crippen LogP contribution in [0.5, 0.6) is 5.75 Å². The molecule has 2 aliphatic rings. The minimum atomic E-state index is -4.67. The molecule has 1 heterocycles. The zero-order chi connectivity index (χ0) is 18.9. The molecule has 1 amide bonds. The van der Waals surface area contributed by atoms with E-state index in [1.807, 2.05) is 0 Å². The van der Waals surface area contributed by atoms with Crippen LogP contribution in [0.3, 0.4) is 0 Å². The number of nitrogens with zero attached hydrogens (tertiary/aromatic N) is 2. The lowest BCUT2D eigenvalue weighted by atomic mass is 10.2. The first kappa shape index (κ1) is 19.0. The van der Waals surface area contributed by atoms with Crippen LogP contribution in [0.2, 0.25) is 0 Å². The molecule has 1 aliphatic heterocycles. The quantitative estimate of drug-likeness (QED) is 0.796. The third kappa shape index (κ3) is 4.88. The molecule has 144 valence electrons. The molecule has 1 N–H and O–H groups in total. The third-order valence-electron chi connectivity index (χ3n) is 5.15. The molecule has 0 aromatic heterocycles. The van der Waals surface area contributed by atoms with Gasteiger partial charge in [0.05, 0.1) is 6.54 Å². The Bertz CT molecular complexity index is 639. The summed E-state index contributed by atoms with van der Waals surface area (Å²) in [6.45, 7) is 3.73. The van der Waals surface area contributed by atoms with Crippen LogP contribution in [-0.4, -0.2) is 62.3 Å². The van der Waals surface area contributed by atoms with Gasteiger partial charge in [-0.15, -0.1) is 13.2 Å². The van der Waals surface area contributed by atoms with Gasteiger partial charge in [0.2, 0.25) is 5.91 Å². The Kier molecular flexibility index (Phi) is 5.43. The van der Waals surface area contributed by atoms with E-state index in [1.165, 1.54) is 12.1 Å². The molecule has 1 saturated heterocycles. The van der Waals surface area contributed by atoms with Crippen molar-refractivity contribution in [3.05, 3.63) is 29.8 Å². The van der Waals surface area contributed by atoms with Crippen LogP contribution in [-0.2, 0) is 11.3 Å². The molecule has 2 atom stereocenters. The summed E-state index contributed by atoms with van der Waals surface area (Å²) < 4.78 is 40.7. The van der Waals surface area contributed by atoms with Gasteiger partial charge < -0.3 is 15.0 Å². The van der Waals surface area contributed by atoms with Gasteiger partial charge in [-0.05, 0) is 42.0 Å². The maximum Gasteiger partial charge on any atom is 0.573 e. The van der Waals surface area contributed by atoms with E-state index in [0.717, 1.165) is 25.2 Å². The standard InChI is InChI=1S/C18H24F3N3O2/c1-23(2)17(25)11-24-9-15-14(16(15)10-24)8-22-7-12-4-3-5-13(6-12)26-18(19,20)21/h3-6,14-16,22H,7-11H2,1-2H3. The lowest BCUT2D eigenvalue weighted by Gasteiger charge is -2.21. The maximum absolute atomic E-state index is 12.3. The number of piperidine rings is 1. The number of likely N-dealkylation sites (N-methyl/N-ethyl adjacent to an activating group) is 1. The molecule has 26 heavy (non-hydrogen) atoms. The molecule has 2 fully saturated rings. The van der Waals surface area contributed by atoms with Crippen molar-refractivity contribution in [2.45, 2.75) is 12.9 Å². The number of carbonyl (C=O) groups is 1. The van der Waals surface area contributed by atoms with Crippen LogP contribution >= 0.6 is 0 Å². The molecule has 1 aromatic rings. The predicted molar refractivity (Wildman–Crippen MR) is 90.4 cm³/mol. The Hall–Kier alpha value is -1.80. The van der Waals surface area contributed by atoms with E-state index in [-0.39, 0.29) is 11.7 Å². The largest absolute Gasteiger partial charge is 0.573 e. The maximum atomic E-state index is 12.3. The number of alkyl halides is 3. The van der Waals surface area contributed by atoms with E-state index in [9.17, 15) is 18.0 Å². The summed E-state index contributed by atoms with van der Waals surface area (Å²) in [5.41, 5.74) is 0.760. The van der Waals surface area contributed by atoms with E-state index < -0.39 is 6.36 Å². The molecule has 0 radical (unpaired) electrons. The fourth-order valence-corrected chi connectivity index (χ4v) is 3.74. The number of nitrogens with one attached hydrogen (secondary N) is 1. The van der Waals surface area contributed by atoms with Crippen molar-refractivity contribution in [3.8, 4) is 5.75 Å². The predicted octanol–water partition coefficient (Wildman–Crippen LogP) is 1.94. The van der Waals surface area contributed by atoms with Crippen LogP contribution in [0.25, 0.3) is 0 Å². The lowest BCUT2D eigenvalue weighted by molar-refractivity contribution is -0.274. The van der Waals surface area contributed by atoms with Gasteiger partial charge in [-0.25, -0.2) is 0 Å². The molecule has 3 rings (SSSR count). The monoisotopic (exact) mass is 371 g/mol. The van der Waals surface area contributed by atoms with E-state index in [0.29, 0.717) is 30.8 Å². The van der Waals surface area contributed by atoms with E-state index in [2.05, 4.69) is 15.0 Å². The first-order chi connectivity index (χ1) is 12.2. The number of likely N-dealkylation sites (tertiary alicyclic amines) is 1. The smallest absolute Gasteiger partial charge is 0.406 e. The molecule has 8 heteroatoms. The summed E-state index contributed by atoms with van der Waals surface area (Å²) in [5.74, 6) is 1.77. The first-order valence-corrected chi connectivity index (χ1v) is 8.71. The van der Waals surface area contributed by atoms with Crippen molar-refractivity contribution in [1.29, 1.82) is 0 Å². The van der Waals surface area contributed by atoms with Crippen molar-refractivity contribution in [3.63, 3.8) is 0 Å². The second-order valence-corrected chi connectivity index (χ2v) is 7.30. The third-order valence-corrected chi connectivity index (χ3v) is 5.15. The Labute approximate surface area is 151 Å². The number of carbonyl (C=O) groups excluding carboxylic acids is 1. The van der Waals surface area contributed by atoms with Gasteiger partial charge in [0, 0.05) is 33.7 Å². The van der Waals surface area contributed by atoms with Crippen LogP contribution in [0.1, 0.15) is 5.56 Å². The average Bonchev–Trinajstić information content (AvgIpc) is 2.99. The van der Waals surface area contributed by atoms with Crippen molar-refractivity contribution in [2.75, 3.05) is 40.3 Å². The average molecular weight is 371 g/mol. The lowest BCUT2D eigenvalue weighted by Crippen LogP contribution is -2.37. The van der Waals surface area contributed by atoms with Crippen molar-refractivity contribution < 1.29 is 22.7 Å². The number of benzene rings is 1. The summed E-state index contributed by atoms with van der Waals surface area (Å²) in [6.07, 6.45) is -4.67. The van der Waals surface area contributed by atoms with Crippen molar-refractivity contribution in [1.82, 2.24) is 15.1 Å². The Morgan fingerprint density at radius 3 is 2.62 bits per heavy atom. The molecular weight excluding hydrogens is 347 g/mol. The van der Waals surface area contributed by atoms with Crippen molar-refractivity contribution >= 4 is 5.91 Å². The second-order valence-electron chi connectivity index (χ2n) is 7.30. The van der Waals surface area contributed by atoms with Gasteiger partial charge in [-0.1, -0.05) is 12.1 Å². The molecule has 5 nitrogen and oxygen atoms in total. The normalized spacial score (nSPS) is 25.0. The number of rotatable bonds is 7. The van der Waals surface area contributed by atoms with Gasteiger partial charge in [-0.2, -0.15) is 0 Å². The fourth-order valence-electron chi connectivity index (χ4n) is 3.74. The summed E-state index contributed by atoms with van der Waals surface area (Å²) in [5, 5.41) is 3.33. The van der Waals surface area contributed by atoms with Gasteiger partial charge in [0.1, 0.15) is 5.75 Å². The van der Waals surface area contributed by atoms with E-state index in [1.54, 1.807) is 31.1 Å². The number of ether oxygens (including phenoxy) is 1. The van der Waals surface area contributed by atoms with Gasteiger partial charge in [-0.3, -0.25) is 9.69 Å². The van der Waals surface area contributed by atoms with Crippen LogP contribution in [0, 0.1) is 17.8 Å². The Morgan fingerprint density at radius 1 is 1.31 bits per heavy atom. The van der Waals surface area contributed by atoms with E-state index >= 15 is 0 Å². The summed E-state index contributed by atoms with van der Waals surface area (Å²) in [4.78, 5) is 15.5. The number of amides is 1. The minimum absolute atomic E-state index is 0.127. The highest BCUT2D eigenvalue weighted by atomic mass is 19.4. The fraction of sp³-hybridized carbons (Fsp3) is 0.611. The Morgan fingerprint density at radius 2 is 2.00 bits per heavy atom. The van der Waals surface area contributed by atoms with Crippen LogP contribution < -0.4 is 10.1 Å². The zero-order valence-corrected chi connectivity index (χ0v) is 14.9. The molecule has 1 saturated carbocycles. The molecule has 1 aromatic carbocycles. The second kappa shape index (κ2) is 7.44. The highest BCUT2D eigenvalue weighted by Gasteiger charge is 2.54. The number of halogens is 3. The zero-order valence-electron chi connectivity index (χ0n) is 14.9. The number of fused-ring (bicyclic) bond motifs is 1. The first-order valence-electron chi connectivity index (χ1n) is 8.71. The molecule has 0 bridgehead atoms. The van der Waals surface area contributed by atoms with Crippen molar-refractivity contribution in [2.24, 2.45) is 17.8 Å². The molecule has 2 unspecified atom stereocenters. The van der Waals surface area contributed by atoms with Crippen LogP contribution in [0.15, 0.2) is 24.3 Å². The SMILES string of the molecule is CN(C)C(=O)CN1CC2C(CNCc3cccc(OC(F)(F)F)c3)C2C1. The molecular formula is C18H24F3N3O2. The minimum Gasteiger partial charge on any atom is -0.406 e. The topological polar surface area (TPSA) is 44.8 Å². The summed E-state index contributed by atoms with van der Waals surface area (Å²) in [7, 11) is 3.53. The Balaban J connectivity index is 1.38. The van der Waals surface area contributed by atoms with Gasteiger partial charge >= 0.3 is 6.36 Å². The summed E-state index contributed by atoms with van der Waals surface area (Å²) >= 11 is 0. The highest BCUT2D eigenvalue weighted by molar-refractivity contribution is 5.77. The number of hydrogen-bond acceptors (Lipinski definition) is 4. The molecule has 1 aliphatic carbocycles. The van der Waals surface area contributed by atoms with Gasteiger partial charge in [0.25, 0.3) is 0 Å². The van der Waals surface area contributed by atoms with Crippen LogP contribution in [0.4, 0.5) is 13.2 Å². The van der Waals surface area contributed by atoms with E-state index in [4.69, 9.17) is 0 Å². The number of hydrogen-bond donors (Lipinski definition) is 1. The molecule has 0 spiro atoms. The highest BCUT2D eigenvalue weighted by Crippen LogP contribution is 2.51. The van der Waals surface area contributed by atoms with Gasteiger partial charge in [0.15, 0.2) is 0 Å².